The number of phenols is 1. The number of ether oxygens (including phenoxy) is 1. The number of aromatic hydroxyl groups is 1. The predicted octanol–water partition coefficient (Wildman–Crippen LogP) is 8.71. The number of carbonyl (C=O) groups excluding carboxylic acids is 3. The Kier molecular flexibility index (Phi) is 14.0. The number of hydrogen-bond acceptors (Lipinski definition) is 7. The highest BCUT2D eigenvalue weighted by Gasteiger charge is 2.41. The second-order valence-corrected chi connectivity index (χ2v) is 16.2. The molecule has 5 aromatic carbocycles. The Bertz CT molecular complexity index is 2690. The van der Waals surface area contributed by atoms with E-state index in [1.807, 2.05) is 78.9 Å². The maximum absolute atomic E-state index is 15.3. The number of amides is 2. The van der Waals surface area contributed by atoms with Crippen molar-refractivity contribution in [2.75, 3.05) is 23.4 Å². The van der Waals surface area contributed by atoms with Gasteiger partial charge in [-0.2, -0.15) is 4.57 Å². The van der Waals surface area contributed by atoms with Crippen molar-refractivity contribution in [2.45, 2.75) is 76.8 Å². The van der Waals surface area contributed by atoms with E-state index in [2.05, 4.69) is 22.5 Å². The van der Waals surface area contributed by atoms with Crippen LogP contribution in [0.4, 0.5) is 15.9 Å². The molecule has 1 atom stereocenters. The minimum atomic E-state index is -0.612. The summed E-state index contributed by atoms with van der Waals surface area (Å²) in [6, 6.07) is 36.3. The van der Waals surface area contributed by atoms with E-state index in [1.54, 1.807) is 52.1 Å². The van der Waals surface area contributed by atoms with Gasteiger partial charge in [-0.1, -0.05) is 104 Å². The number of rotatable bonds is 18. The van der Waals surface area contributed by atoms with Gasteiger partial charge in [0.1, 0.15) is 23.3 Å². The molecule has 2 aliphatic rings. The van der Waals surface area contributed by atoms with E-state index in [-0.39, 0.29) is 48.5 Å². The quantitative estimate of drug-likeness (QED) is 0.0449. The van der Waals surface area contributed by atoms with Crippen LogP contribution in [0.3, 0.4) is 0 Å². The second kappa shape index (κ2) is 20.7. The fourth-order valence-corrected chi connectivity index (χ4v) is 8.12. The van der Waals surface area contributed by atoms with E-state index >= 15 is 4.39 Å². The highest BCUT2D eigenvalue weighted by molar-refractivity contribution is 5.97. The smallest absolute Gasteiger partial charge is 0.359 e. The Balaban J connectivity index is 0.731. The summed E-state index contributed by atoms with van der Waals surface area (Å²) >= 11 is 0. The summed E-state index contributed by atoms with van der Waals surface area (Å²) < 4.78 is 22.7. The van der Waals surface area contributed by atoms with Gasteiger partial charge in [-0.25, -0.2) is 14.2 Å². The number of nitrogens with zero attached hydrogens (tertiary/aromatic N) is 3. The van der Waals surface area contributed by atoms with Crippen LogP contribution in [-0.4, -0.2) is 47.0 Å². The summed E-state index contributed by atoms with van der Waals surface area (Å²) in [5.74, 6) is 6.50. The lowest BCUT2D eigenvalue weighted by Gasteiger charge is -2.26. The molecule has 0 spiro atoms. The zero-order chi connectivity index (χ0) is 44.3. The van der Waals surface area contributed by atoms with Gasteiger partial charge >= 0.3 is 11.7 Å². The van der Waals surface area contributed by atoms with Crippen LogP contribution in [0.2, 0.25) is 0 Å². The molecule has 0 aliphatic carbocycles. The molecule has 0 bridgehead atoms. The number of para-hydroxylation sites is 1. The molecule has 2 aliphatic heterocycles. The van der Waals surface area contributed by atoms with Crippen molar-refractivity contribution < 1.29 is 33.2 Å². The normalized spacial score (nSPS) is 13.6. The number of unbranched alkanes of at least 4 members (excludes halogenated alkanes) is 5. The maximum atomic E-state index is 15.3. The highest BCUT2D eigenvalue weighted by atomic mass is 19.1. The molecule has 3 heterocycles. The van der Waals surface area contributed by atoms with Gasteiger partial charge in [-0.3, -0.25) is 14.9 Å². The summed E-state index contributed by atoms with van der Waals surface area (Å²) in [5, 5.41) is 16.1. The Hall–Kier alpha value is -7.32. The number of hydrogen-bond donors (Lipinski definition) is 3. The third kappa shape index (κ3) is 10.8. The van der Waals surface area contributed by atoms with Gasteiger partial charge in [-0.05, 0) is 84.1 Å². The number of phenolic OH excluding ortho intramolecular Hbond substituents is 1. The van der Waals surface area contributed by atoms with Crippen molar-refractivity contribution in [2.24, 2.45) is 0 Å². The van der Waals surface area contributed by atoms with Crippen LogP contribution in [0.15, 0.2) is 128 Å². The van der Waals surface area contributed by atoms with Crippen molar-refractivity contribution in [1.29, 1.82) is 0 Å². The van der Waals surface area contributed by atoms with E-state index in [9.17, 15) is 19.5 Å². The minimum Gasteiger partial charge on any atom is -0.508 e. The van der Waals surface area contributed by atoms with Crippen LogP contribution in [0.25, 0.3) is 11.3 Å². The molecule has 0 radical (unpaired) electrons. The molecular formula is C53H51FN5O5+. The van der Waals surface area contributed by atoms with E-state index in [0.717, 1.165) is 72.0 Å². The molecule has 2 amide bonds. The first-order valence-electron chi connectivity index (χ1n) is 22.1. The largest absolute Gasteiger partial charge is 0.508 e. The number of halogens is 1. The summed E-state index contributed by atoms with van der Waals surface area (Å²) in [6.45, 7) is 1.36. The van der Waals surface area contributed by atoms with Crippen molar-refractivity contribution in [1.82, 2.24) is 10.3 Å². The van der Waals surface area contributed by atoms with Gasteiger partial charge in [0.15, 0.2) is 17.6 Å². The minimum absolute atomic E-state index is 0.110. The molecule has 1 aromatic heterocycles. The summed E-state index contributed by atoms with van der Waals surface area (Å²) in [4.78, 5) is 46.5. The molecule has 1 unspecified atom stereocenters. The Morgan fingerprint density at radius 1 is 0.828 bits per heavy atom. The molecule has 6 aromatic rings. The number of aromatic nitrogens is 2. The summed E-state index contributed by atoms with van der Waals surface area (Å²) in [6.07, 6.45) is 8.28. The molecule has 3 N–H and O–H groups in total. The van der Waals surface area contributed by atoms with Gasteiger partial charge in [0.25, 0.3) is 0 Å². The zero-order valence-corrected chi connectivity index (χ0v) is 35.7. The van der Waals surface area contributed by atoms with Crippen LogP contribution in [0, 0.1) is 17.7 Å². The van der Waals surface area contributed by atoms with Crippen LogP contribution in [-0.2, 0) is 29.0 Å². The van der Waals surface area contributed by atoms with Crippen molar-refractivity contribution in [3.63, 3.8) is 0 Å². The lowest BCUT2D eigenvalue weighted by molar-refractivity contribution is -0.552. The average Bonchev–Trinajstić information content (AvgIpc) is 3.62. The molecule has 10 nitrogen and oxygen atoms in total. The highest BCUT2D eigenvalue weighted by Crippen LogP contribution is 2.29. The van der Waals surface area contributed by atoms with E-state index in [4.69, 9.17) is 9.72 Å². The first-order valence-corrected chi connectivity index (χ1v) is 22.1. The van der Waals surface area contributed by atoms with E-state index in [0.29, 0.717) is 48.9 Å². The first-order chi connectivity index (χ1) is 31.3. The Morgan fingerprint density at radius 2 is 1.55 bits per heavy atom. The van der Waals surface area contributed by atoms with Gasteiger partial charge in [0.05, 0.1) is 18.8 Å². The number of nitrogens with one attached hydrogen (secondary N) is 2. The molecule has 8 rings (SSSR count). The third-order valence-corrected chi connectivity index (χ3v) is 11.6. The van der Waals surface area contributed by atoms with Gasteiger partial charge in [0.2, 0.25) is 11.8 Å². The molecule has 0 fully saturated rings. The monoisotopic (exact) mass is 856 g/mol. The fourth-order valence-electron chi connectivity index (χ4n) is 8.12. The van der Waals surface area contributed by atoms with Crippen molar-refractivity contribution >= 4 is 29.2 Å². The molecule has 324 valence electrons. The van der Waals surface area contributed by atoms with Crippen LogP contribution in [0.1, 0.15) is 89.7 Å². The molecule has 0 saturated carbocycles. The standard InChI is InChI=1S/C53H50FN5O5/c54-44-32-38(34-46-53(63)59-36-47(40-23-25-43(60)26-24-40)56-45(52(59)57-46)33-37-14-6-5-7-15-37)20-27-49(44)64-31-13-4-2-1-3-12-30-55-50(61)28-29-51(62)58-35-42-18-9-8-16-39(42)21-22-41-17-10-11-19-48(41)58/h5-11,14-20,23-27,32,36,46H,1-4,12-13,28-31,33-35H2,(H2,55,60,61)/p+1. The SMILES string of the molecule is O=C(CCC(=O)N1Cc2ccccc2C#Cc2ccccc21)NCCCCCCCCOc1ccc(CC2Nc3c(Cc4ccccc4)nc(-c4ccc(O)cc4)c[n+]3C2=O)cc1F. The average molecular weight is 857 g/mol. The van der Waals surface area contributed by atoms with Crippen LogP contribution >= 0.6 is 0 Å². The van der Waals surface area contributed by atoms with Gasteiger partial charge in [0, 0.05) is 48.9 Å². The van der Waals surface area contributed by atoms with Crippen LogP contribution < -0.4 is 24.8 Å². The number of benzene rings is 5. The third-order valence-electron chi connectivity index (χ3n) is 11.6. The molecular weight excluding hydrogens is 806 g/mol. The number of anilines is 2. The van der Waals surface area contributed by atoms with Gasteiger partial charge in [-0.15, -0.1) is 0 Å². The number of carbonyl (C=O) groups is 3. The van der Waals surface area contributed by atoms with Crippen molar-refractivity contribution in [3.8, 4) is 34.6 Å². The van der Waals surface area contributed by atoms with Crippen molar-refractivity contribution in [3.05, 3.63) is 167 Å². The van der Waals surface area contributed by atoms with E-state index < -0.39 is 11.9 Å². The predicted molar refractivity (Wildman–Crippen MR) is 244 cm³/mol. The second-order valence-electron chi connectivity index (χ2n) is 16.2. The number of fused-ring (bicyclic) bond motifs is 3. The van der Waals surface area contributed by atoms with E-state index in [1.165, 1.54) is 6.07 Å². The lowest BCUT2D eigenvalue weighted by Crippen LogP contribution is -2.44. The Morgan fingerprint density at radius 3 is 2.36 bits per heavy atom. The molecule has 0 saturated heterocycles. The lowest BCUT2D eigenvalue weighted by atomic mass is 10.0. The topological polar surface area (TPSA) is 125 Å². The fraction of sp³-hybridized carbons (Fsp3) is 0.264. The summed E-state index contributed by atoms with van der Waals surface area (Å²) in [5.41, 5.74) is 7.23. The zero-order valence-electron chi connectivity index (χ0n) is 35.7. The molecule has 64 heavy (non-hydrogen) atoms. The Labute approximate surface area is 373 Å². The maximum Gasteiger partial charge on any atom is 0.359 e. The first kappa shape index (κ1) is 43.3. The van der Waals surface area contributed by atoms with Crippen LogP contribution in [0.5, 0.6) is 11.5 Å². The summed E-state index contributed by atoms with van der Waals surface area (Å²) in [7, 11) is 0. The van der Waals surface area contributed by atoms with Gasteiger partial charge < -0.3 is 20.1 Å². The molecule has 11 heteroatoms.